The molecule has 2 N–H and O–H groups in total. The van der Waals surface area contributed by atoms with Gasteiger partial charge in [-0.15, -0.1) is 0 Å². The second kappa shape index (κ2) is 6.46. The van der Waals surface area contributed by atoms with Gasteiger partial charge in [0, 0.05) is 16.3 Å². The summed E-state index contributed by atoms with van der Waals surface area (Å²) in [6.45, 7) is 4.92. The van der Waals surface area contributed by atoms with E-state index in [0.717, 1.165) is 28.6 Å². The van der Waals surface area contributed by atoms with Crippen LogP contribution in [0.2, 0.25) is 0 Å². The first kappa shape index (κ1) is 15.8. The minimum absolute atomic E-state index is 0.0109. The first-order valence-corrected chi connectivity index (χ1v) is 7.95. The lowest BCUT2D eigenvalue weighted by atomic mass is 9.76. The van der Waals surface area contributed by atoms with Gasteiger partial charge in [0.05, 0.1) is 19.8 Å². The summed E-state index contributed by atoms with van der Waals surface area (Å²) in [5, 5.41) is 19.6. The highest BCUT2D eigenvalue weighted by atomic mass is 79.9. The number of ether oxygens (including phenoxy) is 1. The monoisotopic (exact) mass is 342 g/mol. The van der Waals surface area contributed by atoms with Crippen molar-refractivity contribution in [2.24, 2.45) is 11.3 Å². The molecule has 0 radical (unpaired) electrons. The van der Waals surface area contributed by atoms with Gasteiger partial charge in [-0.05, 0) is 42.0 Å². The first-order chi connectivity index (χ1) is 9.49. The van der Waals surface area contributed by atoms with Crippen molar-refractivity contribution < 1.29 is 14.9 Å². The van der Waals surface area contributed by atoms with Crippen LogP contribution in [0, 0.1) is 11.3 Å². The number of halogens is 1. The van der Waals surface area contributed by atoms with Gasteiger partial charge >= 0.3 is 0 Å². The molecule has 1 aromatic carbocycles. The number of fused-ring (bicyclic) bond motifs is 1. The van der Waals surface area contributed by atoms with Crippen LogP contribution in [0.3, 0.4) is 0 Å². The molecule has 1 aliphatic heterocycles. The lowest BCUT2D eigenvalue weighted by Gasteiger charge is -2.32. The van der Waals surface area contributed by atoms with E-state index in [1.807, 2.05) is 6.07 Å². The van der Waals surface area contributed by atoms with Crippen LogP contribution in [-0.4, -0.2) is 30.0 Å². The first-order valence-electron chi connectivity index (χ1n) is 7.15. The Kier molecular flexibility index (Phi) is 5.10. The molecule has 0 aliphatic carbocycles. The van der Waals surface area contributed by atoms with Crippen LogP contribution >= 0.6 is 15.9 Å². The van der Waals surface area contributed by atoms with Gasteiger partial charge in [-0.1, -0.05) is 29.8 Å². The van der Waals surface area contributed by atoms with E-state index < -0.39 is 5.41 Å². The van der Waals surface area contributed by atoms with E-state index in [0.29, 0.717) is 18.9 Å². The lowest BCUT2D eigenvalue weighted by Crippen LogP contribution is -2.34. The summed E-state index contributed by atoms with van der Waals surface area (Å²) in [7, 11) is 0. The van der Waals surface area contributed by atoms with Gasteiger partial charge in [0.2, 0.25) is 0 Å². The third kappa shape index (κ3) is 3.35. The Hall–Kier alpha value is -0.580. The molecule has 0 atom stereocenters. The van der Waals surface area contributed by atoms with Gasteiger partial charge in [0.1, 0.15) is 5.75 Å². The maximum Gasteiger partial charge on any atom is 0.125 e. The maximum absolute atomic E-state index is 9.79. The van der Waals surface area contributed by atoms with Crippen molar-refractivity contribution in [2.75, 3.05) is 19.8 Å². The zero-order valence-electron chi connectivity index (χ0n) is 12.2. The Morgan fingerprint density at radius 1 is 1.30 bits per heavy atom. The molecule has 3 nitrogen and oxygen atoms in total. The molecule has 112 valence electrons. The third-order valence-corrected chi connectivity index (χ3v) is 4.36. The van der Waals surface area contributed by atoms with Crippen molar-refractivity contribution >= 4 is 15.9 Å². The van der Waals surface area contributed by atoms with Crippen molar-refractivity contribution in [3.8, 4) is 5.75 Å². The molecule has 0 amide bonds. The van der Waals surface area contributed by atoms with Crippen molar-refractivity contribution in [1.82, 2.24) is 0 Å². The fourth-order valence-corrected chi connectivity index (χ4v) is 3.66. The van der Waals surface area contributed by atoms with E-state index in [2.05, 4.69) is 35.8 Å². The Morgan fingerprint density at radius 3 is 2.60 bits per heavy atom. The van der Waals surface area contributed by atoms with Gasteiger partial charge in [0.15, 0.2) is 0 Å². The van der Waals surface area contributed by atoms with Crippen molar-refractivity contribution in [2.45, 2.75) is 33.1 Å². The lowest BCUT2D eigenvalue weighted by molar-refractivity contribution is 0.0365. The molecule has 0 saturated heterocycles. The predicted octanol–water partition coefficient (Wildman–Crippen LogP) is 2.94. The minimum atomic E-state index is -0.478. The Labute approximate surface area is 129 Å². The van der Waals surface area contributed by atoms with Gasteiger partial charge < -0.3 is 14.9 Å². The molecule has 0 aromatic heterocycles. The van der Waals surface area contributed by atoms with Crippen LogP contribution in [0.1, 0.15) is 31.4 Å². The number of aliphatic hydroxyl groups is 2. The highest BCUT2D eigenvalue weighted by molar-refractivity contribution is 9.10. The van der Waals surface area contributed by atoms with Gasteiger partial charge in [-0.2, -0.15) is 0 Å². The maximum atomic E-state index is 9.79. The molecule has 4 heteroatoms. The van der Waals surface area contributed by atoms with Crippen LogP contribution in [-0.2, 0) is 12.8 Å². The zero-order valence-corrected chi connectivity index (χ0v) is 13.7. The third-order valence-electron chi connectivity index (χ3n) is 3.90. The summed E-state index contributed by atoms with van der Waals surface area (Å²) >= 11 is 3.54. The second-order valence-corrected chi connectivity index (χ2v) is 7.16. The van der Waals surface area contributed by atoms with E-state index in [-0.39, 0.29) is 13.2 Å². The van der Waals surface area contributed by atoms with Crippen molar-refractivity contribution in [3.05, 3.63) is 27.7 Å². The molecule has 0 unspecified atom stereocenters. The molecular weight excluding hydrogens is 320 g/mol. The van der Waals surface area contributed by atoms with Crippen LogP contribution in [0.5, 0.6) is 5.75 Å². The number of aliphatic hydroxyl groups excluding tert-OH is 2. The smallest absolute Gasteiger partial charge is 0.125 e. The van der Waals surface area contributed by atoms with E-state index in [1.54, 1.807) is 0 Å². The number of hydrogen-bond acceptors (Lipinski definition) is 3. The van der Waals surface area contributed by atoms with Gasteiger partial charge in [-0.25, -0.2) is 0 Å². The van der Waals surface area contributed by atoms with Gasteiger partial charge in [-0.3, -0.25) is 0 Å². The van der Waals surface area contributed by atoms with Crippen LogP contribution in [0.25, 0.3) is 0 Å². The Morgan fingerprint density at radius 2 is 2.00 bits per heavy atom. The summed E-state index contributed by atoms with van der Waals surface area (Å²) in [5.74, 6) is 1.37. The summed E-state index contributed by atoms with van der Waals surface area (Å²) in [6, 6.07) is 4.14. The summed E-state index contributed by atoms with van der Waals surface area (Å²) in [4.78, 5) is 0. The van der Waals surface area contributed by atoms with Crippen molar-refractivity contribution in [3.63, 3.8) is 0 Å². The van der Waals surface area contributed by atoms with Crippen LogP contribution in [0.4, 0.5) is 0 Å². The van der Waals surface area contributed by atoms with E-state index in [1.165, 1.54) is 5.56 Å². The molecule has 0 saturated carbocycles. The summed E-state index contributed by atoms with van der Waals surface area (Å²) in [6.07, 6.45) is 2.36. The molecule has 20 heavy (non-hydrogen) atoms. The zero-order chi connectivity index (χ0) is 14.8. The highest BCUT2D eigenvalue weighted by Crippen LogP contribution is 2.38. The predicted molar refractivity (Wildman–Crippen MR) is 83.1 cm³/mol. The highest BCUT2D eigenvalue weighted by Gasteiger charge is 2.32. The van der Waals surface area contributed by atoms with Crippen molar-refractivity contribution in [1.29, 1.82) is 0 Å². The molecule has 2 rings (SSSR count). The molecule has 1 aliphatic rings. The number of benzene rings is 1. The summed E-state index contributed by atoms with van der Waals surface area (Å²) < 4.78 is 6.77. The van der Waals surface area contributed by atoms with E-state index >= 15 is 0 Å². The van der Waals surface area contributed by atoms with Gasteiger partial charge in [0.25, 0.3) is 0 Å². The number of rotatable bonds is 6. The molecule has 0 fully saturated rings. The molecule has 0 bridgehead atoms. The van der Waals surface area contributed by atoms with E-state index in [4.69, 9.17) is 4.74 Å². The van der Waals surface area contributed by atoms with Crippen LogP contribution in [0.15, 0.2) is 16.6 Å². The fourth-order valence-electron chi connectivity index (χ4n) is 3.11. The standard InChI is InChI=1S/C16H23BrO3/c1-11(2)7-16(9-18,10-19)8-13-6-14(17)5-12-3-4-20-15(12)13/h5-6,11,18-19H,3-4,7-10H2,1-2H3. The van der Waals surface area contributed by atoms with Crippen LogP contribution < -0.4 is 4.74 Å². The second-order valence-electron chi connectivity index (χ2n) is 6.24. The Bertz CT molecular complexity index is 467. The SMILES string of the molecule is CC(C)CC(CO)(CO)Cc1cc(Br)cc2c1OCC2. The topological polar surface area (TPSA) is 49.7 Å². The average Bonchev–Trinajstić information content (AvgIpc) is 2.85. The molecule has 0 spiro atoms. The normalized spacial score (nSPS) is 14.5. The molecular formula is C16H23BrO3. The number of hydrogen-bond donors (Lipinski definition) is 2. The fraction of sp³-hybridized carbons (Fsp3) is 0.625. The van der Waals surface area contributed by atoms with E-state index in [9.17, 15) is 10.2 Å². The largest absolute Gasteiger partial charge is 0.493 e. The average molecular weight is 343 g/mol. The molecule has 1 heterocycles. The minimum Gasteiger partial charge on any atom is -0.493 e. The summed E-state index contributed by atoms with van der Waals surface area (Å²) in [5.41, 5.74) is 1.81. The molecule has 1 aromatic rings. The Balaban J connectivity index is 2.31. The quantitative estimate of drug-likeness (QED) is 0.835.